The summed E-state index contributed by atoms with van der Waals surface area (Å²) in [5.41, 5.74) is 0. The van der Waals surface area contributed by atoms with Crippen LogP contribution in [0.4, 0.5) is 0 Å². The SMILES string of the molecule is O=C(CC[NH2+]CC1COc2ccccc2O1)C1CCCCC1.[Cl-]. The third-order valence-corrected chi connectivity index (χ3v) is 4.65. The number of Topliss-reactive ketones (excluding diaryl/α,β-unsaturated/α-hetero) is 1. The summed E-state index contributed by atoms with van der Waals surface area (Å²) in [6.45, 7) is 2.28. The second-order valence-electron chi connectivity index (χ2n) is 6.36. The summed E-state index contributed by atoms with van der Waals surface area (Å²) >= 11 is 0. The maximum absolute atomic E-state index is 12.1. The molecule has 1 aliphatic heterocycles. The van der Waals surface area contributed by atoms with Crippen molar-refractivity contribution in [2.45, 2.75) is 44.6 Å². The van der Waals surface area contributed by atoms with Crippen molar-refractivity contribution in [1.82, 2.24) is 0 Å². The van der Waals surface area contributed by atoms with Gasteiger partial charge in [-0.05, 0) is 25.0 Å². The molecular weight excluding hydrogens is 314 g/mol. The van der Waals surface area contributed by atoms with Crippen molar-refractivity contribution in [2.24, 2.45) is 5.92 Å². The molecular formula is C18H26ClNO3. The Morgan fingerprint density at radius 2 is 1.87 bits per heavy atom. The van der Waals surface area contributed by atoms with Crippen molar-refractivity contribution in [1.29, 1.82) is 0 Å². The topological polar surface area (TPSA) is 52.1 Å². The van der Waals surface area contributed by atoms with Crippen LogP contribution in [0, 0.1) is 5.92 Å². The minimum absolute atomic E-state index is 0. The van der Waals surface area contributed by atoms with Crippen molar-refractivity contribution in [3.05, 3.63) is 24.3 Å². The van der Waals surface area contributed by atoms with E-state index in [1.54, 1.807) is 0 Å². The Labute approximate surface area is 144 Å². The van der Waals surface area contributed by atoms with Crippen LogP contribution < -0.4 is 27.2 Å². The number of rotatable bonds is 6. The van der Waals surface area contributed by atoms with E-state index in [1.165, 1.54) is 19.3 Å². The molecule has 0 amide bonds. The molecule has 2 N–H and O–H groups in total. The summed E-state index contributed by atoms with van der Waals surface area (Å²) in [4.78, 5) is 12.1. The average Bonchev–Trinajstić information content (AvgIpc) is 2.59. The molecule has 2 aliphatic rings. The number of quaternary nitrogens is 1. The maximum atomic E-state index is 12.1. The number of nitrogens with two attached hydrogens (primary N) is 1. The van der Waals surface area contributed by atoms with Crippen LogP contribution in [0.1, 0.15) is 38.5 Å². The van der Waals surface area contributed by atoms with E-state index in [1.807, 2.05) is 24.3 Å². The molecule has 1 atom stereocenters. The monoisotopic (exact) mass is 339 g/mol. The molecule has 0 spiro atoms. The third-order valence-electron chi connectivity index (χ3n) is 4.65. The highest BCUT2D eigenvalue weighted by Crippen LogP contribution is 2.30. The van der Waals surface area contributed by atoms with Gasteiger partial charge in [-0.25, -0.2) is 0 Å². The van der Waals surface area contributed by atoms with E-state index in [2.05, 4.69) is 5.32 Å². The Kier molecular flexibility index (Phi) is 7.18. The summed E-state index contributed by atoms with van der Waals surface area (Å²) in [7, 11) is 0. The number of carbonyl (C=O) groups excluding carboxylic acids is 1. The highest BCUT2D eigenvalue weighted by atomic mass is 35.5. The van der Waals surface area contributed by atoms with Crippen LogP contribution in [0.2, 0.25) is 0 Å². The van der Waals surface area contributed by atoms with E-state index in [9.17, 15) is 4.79 Å². The quantitative estimate of drug-likeness (QED) is 0.672. The summed E-state index contributed by atoms with van der Waals surface area (Å²) in [6, 6.07) is 7.77. The zero-order valence-electron chi connectivity index (χ0n) is 13.5. The lowest BCUT2D eigenvalue weighted by molar-refractivity contribution is -0.659. The number of benzene rings is 1. The molecule has 1 unspecified atom stereocenters. The molecule has 1 fully saturated rings. The molecule has 5 heteroatoms. The number of hydrogen-bond donors (Lipinski definition) is 1. The molecule has 0 bridgehead atoms. The van der Waals surface area contributed by atoms with Gasteiger partial charge in [0.05, 0.1) is 13.0 Å². The molecule has 0 aromatic heterocycles. The van der Waals surface area contributed by atoms with Gasteiger partial charge in [0.1, 0.15) is 18.9 Å². The first-order valence-corrected chi connectivity index (χ1v) is 8.56. The van der Waals surface area contributed by atoms with E-state index in [-0.39, 0.29) is 18.5 Å². The molecule has 4 nitrogen and oxygen atoms in total. The van der Waals surface area contributed by atoms with Gasteiger partial charge >= 0.3 is 0 Å². The van der Waals surface area contributed by atoms with Gasteiger partial charge in [-0.1, -0.05) is 31.4 Å². The Morgan fingerprint density at radius 1 is 1.13 bits per heavy atom. The minimum Gasteiger partial charge on any atom is -1.00 e. The minimum atomic E-state index is 0. The highest BCUT2D eigenvalue weighted by molar-refractivity contribution is 5.81. The molecule has 1 heterocycles. The van der Waals surface area contributed by atoms with Crippen LogP contribution in [-0.2, 0) is 4.79 Å². The lowest BCUT2D eigenvalue weighted by Crippen LogP contribution is -3.00. The molecule has 23 heavy (non-hydrogen) atoms. The van der Waals surface area contributed by atoms with Gasteiger partial charge in [-0.2, -0.15) is 0 Å². The van der Waals surface area contributed by atoms with Crippen LogP contribution in [0.15, 0.2) is 24.3 Å². The zero-order valence-corrected chi connectivity index (χ0v) is 14.3. The highest BCUT2D eigenvalue weighted by Gasteiger charge is 2.23. The van der Waals surface area contributed by atoms with Gasteiger partial charge in [0.2, 0.25) is 0 Å². The van der Waals surface area contributed by atoms with E-state index in [0.717, 1.165) is 37.4 Å². The first-order valence-electron chi connectivity index (χ1n) is 8.56. The van der Waals surface area contributed by atoms with E-state index in [0.29, 0.717) is 24.7 Å². The lowest BCUT2D eigenvalue weighted by atomic mass is 9.85. The number of ether oxygens (including phenoxy) is 2. The van der Waals surface area contributed by atoms with Gasteiger partial charge in [0.15, 0.2) is 17.6 Å². The Morgan fingerprint density at radius 3 is 2.65 bits per heavy atom. The predicted octanol–water partition coefficient (Wildman–Crippen LogP) is -1.07. The predicted molar refractivity (Wildman–Crippen MR) is 84.2 cm³/mol. The fraction of sp³-hybridized carbons (Fsp3) is 0.611. The smallest absolute Gasteiger partial charge is 0.181 e. The van der Waals surface area contributed by atoms with Gasteiger partial charge in [-0.3, -0.25) is 4.79 Å². The van der Waals surface area contributed by atoms with E-state index in [4.69, 9.17) is 9.47 Å². The Bertz CT molecular complexity index is 503. The van der Waals surface area contributed by atoms with Crippen molar-refractivity contribution in [3.63, 3.8) is 0 Å². The standard InChI is InChI=1S/C18H25NO3.ClH/c20-16(14-6-2-1-3-7-14)10-11-19-12-15-13-21-17-8-4-5-9-18(17)22-15;/h4-5,8-9,14-15,19H,1-3,6-7,10-13H2;1H. The second kappa shape index (κ2) is 9.14. The second-order valence-corrected chi connectivity index (χ2v) is 6.36. The first kappa shape index (κ1) is 18.1. The molecule has 3 rings (SSSR count). The van der Waals surface area contributed by atoms with Crippen LogP contribution in [0.25, 0.3) is 0 Å². The Balaban J connectivity index is 0.00000192. The number of hydrogen-bond acceptors (Lipinski definition) is 3. The first-order chi connectivity index (χ1) is 10.8. The Hall–Kier alpha value is -1.26. The number of ketones is 1. The maximum Gasteiger partial charge on any atom is 0.181 e. The van der Waals surface area contributed by atoms with Gasteiger partial charge in [0, 0.05) is 5.92 Å². The molecule has 0 radical (unpaired) electrons. The van der Waals surface area contributed by atoms with Crippen LogP contribution in [0.3, 0.4) is 0 Å². The summed E-state index contributed by atoms with van der Waals surface area (Å²) in [5, 5.41) is 2.18. The number of halogens is 1. The van der Waals surface area contributed by atoms with Gasteiger partial charge in [0.25, 0.3) is 0 Å². The van der Waals surface area contributed by atoms with Crippen molar-refractivity contribution >= 4 is 5.78 Å². The molecule has 1 aromatic carbocycles. The van der Waals surface area contributed by atoms with Crippen LogP contribution >= 0.6 is 0 Å². The van der Waals surface area contributed by atoms with Crippen LogP contribution in [-0.4, -0.2) is 31.6 Å². The van der Waals surface area contributed by atoms with Crippen molar-refractivity contribution < 1.29 is 32.0 Å². The third kappa shape index (κ3) is 5.11. The van der Waals surface area contributed by atoms with E-state index < -0.39 is 0 Å². The van der Waals surface area contributed by atoms with Crippen molar-refractivity contribution in [2.75, 3.05) is 19.7 Å². The van der Waals surface area contributed by atoms with E-state index >= 15 is 0 Å². The van der Waals surface area contributed by atoms with Gasteiger partial charge < -0.3 is 27.2 Å². The number of carbonyl (C=O) groups is 1. The fourth-order valence-corrected chi connectivity index (χ4v) is 3.36. The zero-order chi connectivity index (χ0) is 15.2. The summed E-state index contributed by atoms with van der Waals surface area (Å²) < 4.78 is 11.6. The molecule has 1 saturated carbocycles. The number of para-hydroxylation sites is 2. The van der Waals surface area contributed by atoms with Gasteiger partial charge in [-0.15, -0.1) is 0 Å². The molecule has 1 aliphatic carbocycles. The normalized spacial score (nSPS) is 20.6. The van der Waals surface area contributed by atoms with Crippen molar-refractivity contribution in [3.8, 4) is 11.5 Å². The number of fused-ring (bicyclic) bond motifs is 1. The fourth-order valence-electron chi connectivity index (χ4n) is 3.36. The summed E-state index contributed by atoms with van der Waals surface area (Å²) in [5.74, 6) is 2.45. The summed E-state index contributed by atoms with van der Waals surface area (Å²) in [6.07, 6.45) is 6.73. The van der Waals surface area contributed by atoms with Crippen LogP contribution in [0.5, 0.6) is 11.5 Å². The average molecular weight is 340 g/mol. The largest absolute Gasteiger partial charge is 1.00 e. The molecule has 0 saturated heterocycles. The molecule has 1 aromatic rings. The molecule has 128 valence electrons. The lowest BCUT2D eigenvalue weighted by Gasteiger charge is -2.25.